The van der Waals surface area contributed by atoms with Crippen LogP contribution in [-0.2, 0) is 7.05 Å². The Bertz CT molecular complexity index is 421. The van der Waals surface area contributed by atoms with E-state index in [0.717, 1.165) is 18.5 Å². The molecule has 1 aromatic rings. The summed E-state index contributed by atoms with van der Waals surface area (Å²) in [5.74, 6) is -0.0769. The molecule has 3 unspecified atom stereocenters. The third-order valence-electron chi connectivity index (χ3n) is 3.72. The van der Waals surface area contributed by atoms with Crippen LogP contribution in [0, 0.1) is 6.92 Å². The van der Waals surface area contributed by atoms with Gasteiger partial charge >= 0.3 is 0 Å². The van der Waals surface area contributed by atoms with E-state index in [1.807, 2.05) is 20.0 Å². The van der Waals surface area contributed by atoms with E-state index in [2.05, 4.69) is 29.6 Å². The van der Waals surface area contributed by atoms with Crippen LogP contribution in [0.1, 0.15) is 42.9 Å². The molecule has 1 aliphatic heterocycles. The molecule has 0 spiro atoms. The fraction of sp³-hybridized carbons (Fsp3) is 0.692. The molecule has 1 aliphatic rings. The molecule has 100 valence electrons. The zero-order chi connectivity index (χ0) is 13.3. The third kappa shape index (κ3) is 2.72. The second-order valence-corrected chi connectivity index (χ2v) is 5.31. The number of aromatic nitrogens is 2. The molecule has 0 radical (unpaired) electrons. The van der Waals surface area contributed by atoms with E-state index in [0.29, 0.717) is 17.8 Å². The lowest BCUT2D eigenvalue weighted by Crippen LogP contribution is -2.54. The minimum Gasteiger partial charge on any atom is -0.346 e. The van der Waals surface area contributed by atoms with Crippen LogP contribution in [0.3, 0.4) is 0 Å². The van der Waals surface area contributed by atoms with E-state index in [4.69, 9.17) is 0 Å². The van der Waals surface area contributed by atoms with Gasteiger partial charge in [-0.3, -0.25) is 9.48 Å². The van der Waals surface area contributed by atoms with Crippen LogP contribution in [-0.4, -0.2) is 33.8 Å². The largest absolute Gasteiger partial charge is 0.346 e. The summed E-state index contributed by atoms with van der Waals surface area (Å²) in [7, 11) is 1.85. The highest BCUT2D eigenvalue weighted by Crippen LogP contribution is 2.13. The topological polar surface area (TPSA) is 59.0 Å². The molecule has 5 nitrogen and oxygen atoms in total. The van der Waals surface area contributed by atoms with Crippen LogP contribution >= 0.6 is 0 Å². The zero-order valence-corrected chi connectivity index (χ0v) is 11.5. The molecule has 0 aromatic carbocycles. The lowest BCUT2D eigenvalue weighted by molar-refractivity contribution is 0.0908. The lowest BCUT2D eigenvalue weighted by atomic mass is 9.95. The number of hydrogen-bond acceptors (Lipinski definition) is 3. The van der Waals surface area contributed by atoms with Crippen LogP contribution in [0.15, 0.2) is 6.07 Å². The Balaban J connectivity index is 1.99. The van der Waals surface area contributed by atoms with Gasteiger partial charge in [-0.2, -0.15) is 5.10 Å². The minimum absolute atomic E-state index is 0.0769. The molecule has 0 saturated carbocycles. The second kappa shape index (κ2) is 5.10. The van der Waals surface area contributed by atoms with Crippen LogP contribution < -0.4 is 10.6 Å². The highest BCUT2D eigenvalue weighted by atomic mass is 16.2. The number of piperidine rings is 1. The number of aryl methyl sites for hydroxylation is 2. The molecule has 2 heterocycles. The maximum Gasteiger partial charge on any atom is 0.272 e. The van der Waals surface area contributed by atoms with E-state index in [9.17, 15) is 4.79 Å². The Kier molecular flexibility index (Phi) is 3.71. The summed E-state index contributed by atoms with van der Waals surface area (Å²) in [5, 5.41) is 10.7. The van der Waals surface area contributed by atoms with Crippen molar-refractivity contribution in [2.75, 3.05) is 0 Å². The average molecular weight is 250 g/mol. The van der Waals surface area contributed by atoms with E-state index < -0.39 is 0 Å². The average Bonchev–Trinajstić information content (AvgIpc) is 2.63. The van der Waals surface area contributed by atoms with E-state index in [1.165, 1.54) is 0 Å². The predicted molar refractivity (Wildman–Crippen MR) is 70.5 cm³/mol. The second-order valence-electron chi connectivity index (χ2n) is 5.31. The minimum atomic E-state index is -0.0769. The van der Waals surface area contributed by atoms with Crippen LogP contribution in [0.25, 0.3) is 0 Å². The van der Waals surface area contributed by atoms with Gasteiger partial charge in [0.1, 0.15) is 5.69 Å². The normalized spacial score (nSPS) is 28.1. The first-order chi connectivity index (χ1) is 8.47. The summed E-state index contributed by atoms with van der Waals surface area (Å²) < 4.78 is 1.72. The SMILES string of the molecule is Cc1cc(C(=O)NC2CCC(C)NC2C)nn1C. The summed E-state index contributed by atoms with van der Waals surface area (Å²) in [5.41, 5.74) is 1.49. The van der Waals surface area contributed by atoms with Gasteiger partial charge in [0.15, 0.2) is 0 Å². The molecule has 0 aliphatic carbocycles. The molecule has 0 bridgehead atoms. The fourth-order valence-corrected chi connectivity index (χ4v) is 2.44. The van der Waals surface area contributed by atoms with Crippen molar-refractivity contribution in [1.82, 2.24) is 20.4 Å². The number of nitrogens with one attached hydrogen (secondary N) is 2. The molecule has 1 saturated heterocycles. The van der Waals surface area contributed by atoms with Crippen molar-refractivity contribution in [3.05, 3.63) is 17.5 Å². The van der Waals surface area contributed by atoms with Crippen molar-refractivity contribution in [2.45, 2.75) is 51.7 Å². The predicted octanol–water partition coefficient (Wildman–Crippen LogP) is 0.987. The lowest BCUT2D eigenvalue weighted by Gasteiger charge is -2.34. The summed E-state index contributed by atoms with van der Waals surface area (Å²) in [4.78, 5) is 12.1. The van der Waals surface area contributed by atoms with Gasteiger partial charge in [0, 0.05) is 30.9 Å². The van der Waals surface area contributed by atoms with Gasteiger partial charge in [-0.25, -0.2) is 0 Å². The first kappa shape index (κ1) is 13.1. The number of amides is 1. The molecular formula is C13H22N4O. The maximum absolute atomic E-state index is 12.1. The van der Waals surface area contributed by atoms with Crippen molar-refractivity contribution in [3.63, 3.8) is 0 Å². The maximum atomic E-state index is 12.1. The zero-order valence-electron chi connectivity index (χ0n) is 11.5. The van der Waals surface area contributed by atoms with Crippen LogP contribution in [0.4, 0.5) is 0 Å². The van der Waals surface area contributed by atoms with Crippen LogP contribution in [0.2, 0.25) is 0 Å². The Hall–Kier alpha value is -1.36. The summed E-state index contributed by atoms with van der Waals surface area (Å²) in [6.45, 7) is 6.23. The molecular weight excluding hydrogens is 228 g/mol. The van der Waals surface area contributed by atoms with Gasteiger partial charge in [0.25, 0.3) is 5.91 Å². The molecule has 1 aromatic heterocycles. The van der Waals surface area contributed by atoms with Gasteiger partial charge < -0.3 is 10.6 Å². The van der Waals surface area contributed by atoms with E-state index in [1.54, 1.807) is 4.68 Å². The Morgan fingerprint density at radius 3 is 2.78 bits per heavy atom. The van der Waals surface area contributed by atoms with Crippen molar-refractivity contribution in [1.29, 1.82) is 0 Å². The monoisotopic (exact) mass is 250 g/mol. The highest BCUT2D eigenvalue weighted by molar-refractivity contribution is 5.92. The van der Waals surface area contributed by atoms with Crippen molar-refractivity contribution in [2.24, 2.45) is 7.05 Å². The standard InChI is InChI=1S/C13H22N4O/c1-8-5-6-11(10(3)14-8)15-13(18)12-7-9(2)17(4)16-12/h7-8,10-11,14H,5-6H2,1-4H3,(H,15,18). The molecule has 18 heavy (non-hydrogen) atoms. The van der Waals surface area contributed by atoms with Crippen molar-refractivity contribution in [3.8, 4) is 0 Å². The number of carbonyl (C=O) groups is 1. The van der Waals surface area contributed by atoms with Gasteiger partial charge in [0.05, 0.1) is 0 Å². The smallest absolute Gasteiger partial charge is 0.272 e. The fourth-order valence-electron chi connectivity index (χ4n) is 2.44. The molecule has 3 atom stereocenters. The third-order valence-corrected chi connectivity index (χ3v) is 3.72. The van der Waals surface area contributed by atoms with Gasteiger partial charge in [-0.15, -0.1) is 0 Å². The summed E-state index contributed by atoms with van der Waals surface area (Å²) in [6.07, 6.45) is 2.11. The van der Waals surface area contributed by atoms with Crippen molar-refractivity contribution < 1.29 is 4.79 Å². The Morgan fingerprint density at radius 2 is 2.22 bits per heavy atom. The van der Waals surface area contributed by atoms with E-state index in [-0.39, 0.29) is 11.9 Å². The first-order valence-electron chi connectivity index (χ1n) is 6.55. The van der Waals surface area contributed by atoms with Gasteiger partial charge in [0.2, 0.25) is 0 Å². The van der Waals surface area contributed by atoms with E-state index >= 15 is 0 Å². The van der Waals surface area contributed by atoms with Gasteiger partial charge in [-0.05, 0) is 39.7 Å². The Labute approximate surface area is 108 Å². The molecule has 5 heteroatoms. The molecule has 1 fully saturated rings. The summed E-state index contributed by atoms with van der Waals surface area (Å²) in [6, 6.07) is 2.85. The van der Waals surface area contributed by atoms with Crippen molar-refractivity contribution >= 4 is 5.91 Å². The molecule has 2 N–H and O–H groups in total. The number of carbonyl (C=O) groups excluding carboxylic acids is 1. The van der Waals surface area contributed by atoms with Gasteiger partial charge in [-0.1, -0.05) is 0 Å². The Morgan fingerprint density at radius 1 is 1.50 bits per heavy atom. The summed E-state index contributed by atoms with van der Waals surface area (Å²) >= 11 is 0. The highest BCUT2D eigenvalue weighted by Gasteiger charge is 2.26. The quantitative estimate of drug-likeness (QED) is 0.823. The van der Waals surface area contributed by atoms with Crippen LogP contribution in [0.5, 0.6) is 0 Å². The molecule has 1 amide bonds. The number of hydrogen-bond donors (Lipinski definition) is 2. The number of nitrogens with zero attached hydrogens (tertiary/aromatic N) is 2. The molecule has 2 rings (SSSR count). The number of rotatable bonds is 2. The first-order valence-corrected chi connectivity index (χ1v) is 6.55.